The minimum absolute atomic E-state index is 0.112. The Morgan fingerprint density at radius 2 is 1.96 bits per heavy atom. The maximum atomic E-state index is 13.3. The van der Waals surface area contributed by atoms with Gasteiger partial charge < -0.3 is 10.2 Å². The molecule has 4 rings (SSSR count). The quantitative estimate of drug-likeness (QED) is 0.747. The molecule has 0 radical (unpaired) electrons. The van der Waals surface area contributed by atoms with Crippen LogP contribution in [0.25, 0.3) is 0 Å². The number of rotatable bonds is 4. The molecule has 1 unspecified atom stereocenters. The topological polar surface area (TPSA) is 52.7 Å². The minimum atomic E-state index is -3.69. The van der Waals surface area contributed by atoms with Crippen LogP contribution in [0.15, 0.2) is 64.3 Å². The molecule has 1 N–H and O–H groups in total. The molecule has 3 aliphatic heterocycles. The number of piperidine rings is 1. The summed E-state index contributed by atoms with van der Waals surface area (Å²) in [6, 6.07) is 6.26. The zero-order valence-electron chi connectivity index (χ0n) is 14.7. The van der Waals surface area contributed by atoms with Gasteiger partial charge in [0.05, 0.1) is 15.8 Å². The van der Waals surface area contributed by atoms with Crippen LogP contribution in [0, 0.1) is 5.92 Å². The first-order valence-electron chi connectivity index (χ1n) is 8.98. The molecule has 1 saturated heterocycles. The van der Waals surface area contributed by atoms with Crippen LogP contribution in [0.1, 0.15) is 12.8 Å². The third kappa shape index (κ3) is 3.76. The average Bonchev–Trinajstić information content (AvgIpc) is 3.01. The van der Waals surface area contributed by atoms with E-state index in [0.29, 0.717) is 21.4 Å². The largest absolute Gasteiger partial charge is 0.365 e. The Morgan fingerprint density at radius 1 is 1.19 bits per heavy atom. The van der Waals surface area contributed by atoms with Gasteiger partial charge in [0, 0.05) is 47.5 Å². The number of nitrogens with one attached hydrogen (secondary N) is 1. The SMILES string of the molecule is O=S(=O)(C1=CN(CC2CCNCC2)C2C=CN(Cl)C=C12)c1cccc(Cl)c1. The van der Waals surface area contributed by atoms with Crippen molar-refractivity contribution in [2.75, 3.05) is 19.6 Å². The smallest absolute Gasteiger partial charge is 0.208 e. The summed E-state index contributed by atoms with van der Waals surface area (Å²) in [4.78, 5) is 2.61. The Balaban J connectivity index is 1.70. The lowest BCUT2D eigenvalue weighted by Crippen LogP contribution is -2.37. The van der Waals surface area contributed by atoms with E-state index in [2.05, 4.69) is 10.2 Å². The lowest BCUT2D eigenvalue weighted by atomic mass is 9.97. The van der Waals surface area contributed by atoms with E-state index < -0.39 is 9.84 Å². The van der Waals surface area contributed by atoms with Gasteiger partial charge in [0.25, 0.3) is 0 Å². The van der Waals surface area contributed by atoms with Gasteiger partial charge in [-0.3, -0.25) is 4.42 Å². The van der Waals surface area contributed by atoms with Crippen LogP contribution in [0.5, 0.6) is 0 Å². The molecule has 0 aliphatic carbocycles. The van der Waals surface area contributed by atoms with Gasteiger partial charge in [-0.2, -0.15) is 0 Å². The van der Waals surface area contributed by atoms with Gasteiger partial charge in [-0.25, -0.2) is 8.42 Å². The van der Waals surface area contributed by atoms with Crippen LogP contribution >= 0.6 is 23.4 Å². The van der Waals surface area contributed by atoms with Crippen LogP contribution in [0.3, 0.4) is 0 Å². The molecule has 8 heteroatoms. The first-order chi connectivity index (χ1) is 12.9. The van der Waals surface area contributed by atoms with Gasteiger partial charge in [0.15, 0.2) is 0 Å². The van der Waals surface area contributed by atoms with Crippen molar-refractivity contribution in [3.63, 3.8) is 0 Å². The Labute approximate surface area is 170 Å². The van der Waals surface area contributed by atoms with Crippen LogP contribution in [-0.2, 0) is 9.84 Å². The predicted molar refractivity (Wildman–Crippen MR) is 108 cm³/mol. The fourth-order valence-corrected chi connectivity index (χ4v) is 5.81. The van der Waals surface area contributed by atoms with Crippen molar-refractivity contribution in [2.24, 2.45) is 5.92 Å². The van der Waals surface area contributed by atoms with Crippen molar-refractivity contribution in [1.29, 1.82) is 0 Å². The van der Waals surface area contributed by atoms with Gasteiger partial charge >= 0.3 is 0 Å². The summed E-state index contributed by atoms with van der Waals surface area (Å²) in [5.41, 5.74) is 0.696. The van der Waals surface area contributed by atoms with E-state index >= 15 is 0 Å². The molecule has 27 heavy (non-hydrogen) atoms. The second-order valence-electron chi connectivity index (χ2n) is 7.06. The molecule has 0 bridgehead atoms. The number of halogens is 2. The van der Waals surface area contributed by atoms with Crippen molar-refractivity contribution >= 4 is 33.2 Å². The number of fused-ring (bicyclic) bond motifs is 1. The summed E-state index contributed by atoms with van der Waals surface area (Å²) in [7, 11) is -3.69. The van der Waals surface area contributed by atoms with E-state index in [1.807, 2.05) is 6.08 Å². The molecule has 1 aromatic rings. The fraction of sp³-hybridized carbons (Fsp3) is 0.368. The number of nitrogens with zero attached hydrogens (tertiary/aromatic N) is 2. The van der Waals surface area contributed by atoms with E-state index in [0.717, 1.165) is 32.5 Å². The Bertz CT molecular complexity index is 921. The zero-order valence-corrected chi connectivity index (χ0v) is 17.0. The normalized spacial score (nSPS) is 23.3. The van der Waals surface area contributed by atoms with E-state index in [-0.39, 0.29) is 10.9 Å². The second-order valence-corrected chi connectivity index (χ2v) is 9.80. The number of sulfone groups is 1. The van der Waals surface area contributed by atoms with Crippen LogP contribution in [0.2, 0.25) is 5.02 Å². The summed E-state index contributed by atoms with van der Waals surface area (Å²) in [5, 5.41) is 3.77. The summed E-state index contributed by atoms with van der Waals surface area (Å²) in [6.45, 7) is 2.84. The van der Waals surface area contributed by atoms with E-state index in [1.54, 1.807) is 36.8 Å². The Kier molecular flexibility index (Phi) is 5.25. The van der Waals surface area contributed by atoms with Gasteiger partial charge in [-0.15, -0.1) is 0 Å². The second kappa shape index (κ2) is 7.51. The lowest BCUT2D eigenvalue weighted by molar-refractivity contribution is 0.256. The summed E-state index contributed by atoms with van der Waals surface area (Å²) >= 11 is 12.1. The Morgan fingerprint density at radius 3 is 2.70 bits per heavy atom. The molecule has 0 spiro atoms. The highest BCUT2D eigenvalue weighted by molar-refractivity contribution is 7.95. The van der Waals surface area contributed by atoms with Crippen molar-refractivity contribution in [3.05, 3.63) is 64.4 Å². The van der Waals surface area contributed by atoms with Crippen molar-refractivity contribution in [2.45, 2.75) is 23.8 Å². The van der Waals surface area contributed by atoms with Crippen LogP contribution in [-0.4, -0.2) is 43.4 Å². The van der Waals surface area contributed by atoms with Crippen molar-refractivity contribution < 1.29 is 8.42 Å². The first-order valence-corrected chi connectivity index (χ1v) is 11.2. The summed E-state index contributed by atoms with van der Waals surface area (Å²) < 4.78 is 28.0. The highest BCUT2D eigenvalue weighted by atomic mass is 35.5. The lowest BCUT2D eigenvalue weighted by Gasteiger charge is -2.32. The molecular formula is C19H21Cl2N3O2S. The molecule has 144 valence electrons. The van der Waals surface area contributed by atoms with Crippen LogP contribution in [0.4, 0.5) is 0 Å². The molecule has 0 aromatic heterocycles. The van der Waals surface area contributed by atoms with Gasteiger partial charge in [0.1, 0.15) is 0 Å². The standard InChI is InChI=1S/C19H21Cl2N3O2S/c20-15-2-1-3-16(10-15)27(25,26)19-13-23(11-14-4-7-22-8-5-14)18-6-9-24(21)12-17(18)19/h1-3,6,9-10,12-14,18,22H,4-5,7-8,11H2. The number of benzene rings is 1. The predicted octanol–water partition coefficient (Wildman–Crippen LogP) is 3.51. The molecule has 3 aliphatic rings. The van der Waals surface area contributed by atoms with E-state index in [9.17, 15) is 8.42 Å². The van der Waals surface area contributed by atoms with Crippen molar-refractivity contribution in [3.8, 4) is 0 Å². The van der Waals surface area contributed by atoms with Gasteiger partial charge in [0.2, 0.25) is 9.84 Å². The minimum Gasteiger partial charge on any atom is -0.365 e. The van der Waals surface area contributed by atoms with Gasteiger partial charge in [-0.1, -0.05) is 17.7 Å². The molecule has 0 saturated carbocycles. The van der Waals surface area contributed by atoms with Crippen LogP contribution < -0.4 is 5.32 Å². The van der Waals surface area contributed by atoms with Gasteiger partial charge in [-0.05, 0) is 56.1 Å². The summed E-state index contributed by atoms with van der Waals surface area (Å²) in [5.74, 6) is 0.541. The molecule has 3 heterocycles. The molecule has 1 atom stereocenters. The summed E-state index contributed by atoms with van der Waals surface area (Å²) in [6.07, 6.45) is 9.35. The molecule has 1 fully saturated rings. The molecule has 1 aromatic carbocycles. The third-order valence-corrected chi connectivity index (χ3v) is 7.48. The molecular weight excluding hydrogens is 405 g/mol. The first kappa shape index (κ1) is 18.9. The fourth-order valence-electron chi connectivity index (χ4n) is 3.84. The number of hydrogen-bond acceptors (Lipinski definition) is 5. The highest BCUT2D eigenvalue weighted by Crippen LogP contribution is 2.39. The maximum absolute atomic E-state index is 13.3. The van der Waals surface area contributed by atoms with E-state index in [4.69, 9.17) is 23.4 Å². The van der Waals surface area contributed by atoms with Crippen molar-refractivity contribution in [1.82, 2.24) is 14.6 Å². The monoisotopic (exact) mass is 425 g/mol. The third-order valence-electron chi connectivity index (χ3n) is 5.24. The van der Waals surface area contributed by atoms with E-state index in [1.165, 1.54) is 10.5 Å². The molecule has 0 amide bonds. The Hall–Kier alpha value is -1.47. The molecule has 5 nitrogen and oxygen atoms in total. The number of hydrogen-bond donors (Lipinski definition) is 1. The zero-order chi connectivity index (χ0) is 19.0. The average molecular weight is 426 g/mol. The maximum Gasteiger partial charge on any atom is 0.208 e. The highest BCUT2D eigenvalue weighted by Gasteiger charge is 2.38.